The van der Waals surface area contributed by atoms with Crippen LogP contribution < -0.4 is 10.2 Å². The lowest BCUT2D eigenvalue weighted by atomic mass is 10.0. The molecule has 31 heavy (non-hydrogen) atoms. The van der Waals surface area contributed by atoms with Gasteiger partial charge in [0, 0.05) is 10.6 Å². The van der Waals surface area contributed by atoms with Crippen LogP contribution in [0.3, 0.4) is 0 Å². The molecule has 0 atom stereocenters. The number of phenolic OH excluding ortho intramolecular Hbond substituents is 1. The van der Waals surface area contributed by atoms with E-state index in [4.69, 9.17) is 16.3 Å². The molecule has 0 aliphatic rings. The number of nitrogens with one attached hydrogen (secondary N) is 1. The van der Waals surface area contributed by atoms with Crippen molar-refractivity contribution < 1.29 is 14.6 Å². The van der Waals surface area contributed by atoms with E-state index in [1.165, 1.54) is 6.21 Å². The van der Waals surface area contributed by atoms with Gasteiger partial charge >= 0.3 is 0 Å². The Morgan fingerprint density at radius 1 is 0.968 bits per heavy atom. The van der Waals surface area contributed by atoms with Crippen LogP contribution in [-0.2, 0) is 6.61 Å². The third kappa shape index (κ3) is 4.85. The van der Waals surface area contributed by atoms with Crippen molar-refractivity contribution in [1.29, 1.82) is 0 Å². The topological polar surface area (TPSA) is 70.9 Å². The fourth-order valence-electron chi connectivity index (χ4n) is 3.16. The van der Waals surface area contributed by atoms with E-state index in [0.717, 1.165) is 16.3 Å². The van der Waals surface area contributed by atoms with Crippen molar-refractivity contribution in [1.82, 2.24) is 5.43 Å². The number of halogens is 1. The molecule has 2 N–H and O–H groups in total. The largest absolute Gasteiger partial charge is 0.507 e. The average molecular weight is 431 g/mol. The number of rotatable bonds is 6. The van der Waals surface area contributed by atoms with Crippen LogP contribution in [0.5, 0.6) is 11.5 Å². The monoisotopic (exact) mass is 430 g/mol. The predicted molar refractivity (Wildman–Crippen MR) is 123 cm³/mol. The fourth-order valence-corrected chi connectivity index (χ4v) is 3.28. The molecule has 154 valence electrons. The minimum Gasteiger partial charge on any atom is -0.507 e. The Labute approximate surface area is 184 Å². The van der Waals surface area contributed by atoms with E-state index in [2.05, 4.69) is 10.5 Å². The van der Waals surface area contributed by atoms with E-state index in [1.807, 2.05) is 42.5 Å². The maximum absolute atomic E-state index is 12.7. The highest BCUT2D eigenvalue weighted by Crippen LogP contribution is 2.25. The Hall–Kier alpha value is -3.83. The lowest BCUT2D eigenvalue weighted by Crippen LogP contribution is -2.18. The van der Waals surface area contributed by atoms with Crippen molar-refractivity contribution in [3.05, 3.63) is 107 Å². The second-order valence-corrected chi connectivity index (χ2v) is 7.27. The molecular weight excluding hydrogens is 412 g/mol. The average Bonchev–Trinajstić information content (AvgIpc) is 2.80. The summed E-state index contributed by atoms with van der Waals surface area (Å²) in [6.45, 7) is 0.300. The van der Waals surface area contributed by atoms with Crippen LogP contribution in [0.2, 0.25) is 5.02 Å². The first-order valence-electron chi connectivity index (χ1n) is 9.62. The number of carbonyl (C=O) groups excluding carboxylic acids is 1. The summed E-state index contributed by atoms with van der Waals surface area (Å²) in [5, 5.41) is 16.7. The zero-order chi connectivity index (χ0) is 21.6. The van der Waals surface area contributed by atoms with E-state index in [-0.39, 0.29) is 5.75 Å². The summed E-state index contributed by atoms with van der Waals surface area (Å²) in [7, 11) is 0. The predicted octanol–water partition coefficient (Wildman–Crippen LogP) is 5.54. The first-order valence-corrected chi connectivity index (χ1v) is 10.00. The number of ether oxygens (including phenoxy) is 1. The van der Waals surface area contributed by atoms with Crippen LogP contribution >= 0.6 is 11.6 Å². The molecule has 4 aromatic carbocycles. The fraction of sp³-hybridized carbons (Fsp3) is 0.0400. The lowest BCUT2D eigenvalue weighted by molar-refractivity contribution is 0.0950. The van der Waals surface area contributed by atoms with Gasteiger partial charge in [0.25, 0.3) is 5.91 Å². The van der Waals surface area contributed by atoms with Crippen molar-refractivity contribution >= 4 is 34.5 Å². The van der Waals surface area contributed by atoms with Crippen molar-refractivity contribution in [3.8, 4) is 11.5 Å². The molecule has 0 spiro atoms. The molecule has 6 heteroatoms. The van der Waals surface area contributed by atoms with E-state index in [9.17, 15) is 9.90 Å². The quantitative estimate of drug-likeness (QED) is 0.311. The van der Waals surface area contributed by atoms with Crippen LogP contribution in [-0.4, -0.2) is 17.2 Å². The highest BCUT2D eigenvalue weighted by molar-refractivity contribution is 6.30. The van der Waals surface area contributed by atoms with E-state index in [0.29, 0.717) is 28.5 Å². The first-order chi connectivity index (χ1) is 15.1. The molecule has 0 aliphatic heterocycles. The van der Waals surface area contributed by atoms with E-state index in [1.54, 1.807) is 42.5 Å². The van der Waals surface area contributed by atoms with Gasteiger partial charge in [0.05, 0.1) is 11.8 Å². The number of carbonyl (C=O) groups is 1. The molecule has 4 aromatic rings. The van der Waals surface area contributed by atoms with Gasteiger partial charge in [-0.05, 0) is 46.7 Å². The SMILES string of the molecule is O=C(N/N=C/c1c(O)ccc2ccccc12)c1ccccc1OCc1ccc(Cl)cc1. The number of hydrogen-bond donors (Lipinski definition) is 2. The number of benzene rings is 4. The number of fused-ring (bicyclic) bond motifs is 1. The number of hydrogen-bond acceptors (Lipinski definition) is 4. The second kappa shape index (κ2) is 9.32. The number of nitrogens with zero attached hydrogens (tertiary/aromatic N) is 1. The van der Waals surface area contributed by atoms with Crippen LogP contribution in [0.15, 0.2) is 90.0 Å². The molecule has 0 saturated carbocycles. The Bertz CT molecular complexity index is 1250. The summed E-state index contributed by atoms with van der Waals surface area (Å²) >= 11 is 5.91. The standard InChI is InChI=1S/C25H19ClN2O3/c26-19-12-9-17(10-13-19)16-31-24-8-4-3-7-21(24)25(30)28-27-15-22-20-6-2-1-5-18(20)11-14-23(22)29/h1-15,29H,16H2,(H,28,30)/b27-15+. The van der Waals surface area contributed by atoms with Crippen molar-refractivity contribution in [2.24, 2.45) is 5.10 Å². The molecule has 5 nitrogen and oxygen atoms in total. The van der Waals surface area contributed by atoms with Gasteiger partial charge in [0.1, 0.15) is 18.1 Å². The molecule has 0 radical (unpaired) electrons. The molecule has 0 heterocycles. The van der Waals surface area contributed by atoms with Crippen LogP contribution in [0.25, 0.3) is 10.8 Å². The summed E-state index contributed by atoms with van der Waals surface area (Å²) in [4.78, 5) is 12.7. The Morgan fingerprint density at radius 2 is 1.71 bits per heavy atom. The molecule has 0 bridgehead atoms. The van der Waals surface area contributed by atoms with Crippen molar-refractivity contribution in [2.45, 2.75) is 6.61 Å². The van der Waals surface area contributed by atoms with Gasteiger partial charge in [-0.3, -0.25) is 4.79 Å². The summed E-state index contributed by atoms with van der Waals surface area (Å²) in [5.41, 5.74) is 4.33. The molecule has 0 saturated heterocycles. The van der Waals surface area contributed by atoms with Gasteiger partial charge < -0.3 is 9.84 Å². The molecule has 4 rings (SSSR count). The number of amides is 1. The second-order valence-electron chi connectivity index (χ2n) is 6.83. The molecule has 0 fully saturated rings. The van der Waals surface area contributed by atoms with Gasteiger partial charge in [-0.15, -0.1) is 0 Å². The summed E-state index contributed by atoms with van der Waals surface area (Å²) in [6, 6.07) is 25.3. The number of hydrazone groups is 1. The molecule has 0 aliphatic carbocycles. The van der Waals surface area contributed by atoms with Crippen molar-refractivity contribution in [2.75, 3.05) is 0 Å². The normalized spacial score (nSPS) is 11.0. The molecule has 0 aromatic heterocycles. The van der Waals surface area contributed by atoms with Gasteiger partial charge in [0.15, 0.2) is 0 Å². The first kappa shape index (κ1) is 20.4. The third-order valence-corrected chi connectivity index (χ3v) is 5.00. The van der Waals surface area contributed by atoms with E-state index < -0.39 is 5.91 Å². The van der Waals surface area contributed by atoms with Crippen LogP contribution in [0, 0.1) is 0 Å². The minimum atomic E-state index is -0.414. The van der Waals surface area contributed by atoms with Crippen LogP contribution in [0.1, 0.15) is 21.5 Å². The molecular formula is C25H19ClN2O3. The Morgan fingerprint density at radius 3 is 2.55 bits per heavy atom. The molecule has 1 amide bonds. The summed E-state index contributed by atoms with van der Waals surface area (Å²) in [5.74, 6) is 0.115. The Balaban J connectivity index is 1.48. The third-order valence-electron chi connectivity index (χ3n) is 4.75. The lowest BCUT2D eigenvalue weighted by Gasteiger charge is -2.10. The smallest absolute Gasteiger partial charge is 0.275 e. The van der Waals surface area contributed by atoms with Crippen molar-refractivity contribution in [3.63, 3.8) is 0 Å². The number of phenols is 1. The van der Waals surface area contributed by atoms with Crippen LogP contribution in [0.4, 0.5) is 0 Å². The van der Waals surface area contributed by atoms with E-state index >= 15 is 0 Å². The zero-order valence-electron chi connectivity index (χ0n) is 16.5. The molecule has 0 unspecified atom stereocenters. The summed E-state index contributed by atoms with van der Waals surface area (Å²) in [6.07, 6.45) is 1.44. The maximum Gasteiger partial charge on any atom is 0.275 e. The highest BCUT2D eigenvalue weighted by Gasteiger charge is 2.12. The Kier molecular flexibility index (Phi) is 6.15. The van der Waals surface area contributed by atoms with Gasteiger partial charge in [-0.2, -0.15) is 5.10 Å². The maximum atomic E-state index is 12.7. The van der Waals surface area contributed by atoms with Gasteiger partial charge in [-0.25, -0.2) is 5.43 Å². The summed E-state index contributed by atoms with van der Waals surface area (Å²) < 4.78 is 5.83. The van der Waals surface area contributed by atoms with Gasteiger partial charge in [-0.1, -0.05) is 66.2 Å². The number of aromatic hydroxyl groups is 1. The zero-order valence-corrected chi connectivity index (χ0v) is 17.2. The highest BCUT2D eigenvalue weighted by atomic mass is 35.5. The van der Waals surface area contributed by atoms with Gasteiger partial charge in [0.2, 0.25) is 0 Å². The number of para-hydroxylation sites is 1. The minimum absolute atomic E-state index is 0.0865.